The molecule has 3 aromatic carbocycles. The number of aromatic nitrogens is 3. The molecule has 0 N–H and O–H groups in total. The molecule has 0 amide bonds. The number of imidazole rings is 1. The van der Waals surface area contributed by atoms with Crippen LogP contribution in [-0.2, 0) is 0 Å². The Kier molecular flexibility index (Phi) is 4.46. The number of hydrogen-bond donors (Lipinski definition) is 0. The van der Waals surface area contributed by atoms with Gasteiger partial charge >= 0.3 is 0 Å². The van der Waals surface area contributed by atoms with Gasteiger partial charge in [0.15, 0.2) is 0 Å². The van der Waals surface area contributed by atoms with Crippen molar-refractivity contribution in [1.29, 1.82) is 0 Å². The second-order valence-electron chi connectivity index (χ2n) is 7.61. The number of pyridine rings is 1. The van der Waals surface area contributed by atoms with Crippen LogP contribution in [0.1, 0.15) is 0 Å². The zero-order valence-corrected chi connectivity index (χ0v) is 17.1. The Hall–Kier alpha value is -4.32. The summed E-state index contributed by atoms with van der Waals surface area (Å²) in [6.45, 7) is 0.00528. The summed E-state index contributed by atoms with van der Waals surface area (Å²) in [6.07, 6.45) is 7.26. The zero-order valence-electron chi connectivity index (χ0n) is 17.1. The molecule has 0 spiro atoms. The van der Waals surface area contributed by atoms with Crippen LogP contribution in [0.25, 0.3) is 5.69 Å². The molecule has 0 saturated heterocycles. The van der Waals surface area contributed by atoms with Gasteiger partial charge in [0.05, 0.1) is 6.33 Å². The molecule has 32 heavy (non-hydrogen) atoms. The lowest BCUT2D eigenvalue weighted by Crippen LogP contribution is -2.54. The topological polar surface area (TPSA) is 49.2 Å². The van der Waals surface area contributed by atoms with Crippen LogP contribution in [0.4, 0.5) is 0 Å². The minimum absolute atomic E-state index is 0.00528. The molecule has 2 aromatic heterocycles. The molecule has 5 nitrogen and oxygen atoms in total. The van der Waals surface area contributed by atoms with E-state index >= 15 is 0 Å². The molecule has 6 heteroatoms. The molecular formula is C26H18BN3O2. The first-order chi connectivity index (χ1) is 15.8. The summed E-state index contributed by atoms with van der Waals surface area (Å²) in [6, 6.07) is 28.3. The fourth-order valence-corrected chi connectivity index (χ4v) is 4.17. The van der Waals surface area contributed by atoms with E-state index in [0.29, 0.717) is 5.88 Å². The molecule has 0 unspecified atom stereocenters. The standard InChI is InChI=1S/C26H18BN3O2/c1-2-9-24-22(8-1)27(19-6-5-7-20(16-19)30-15-14-28-18-30)23-17-21(11-12-25(23)32-24)31-26-10-3-4-13-29-26/h1-18H. The first-order valence-electron chi connectivity index (χ1n) is 10.4. The summed E-state index contributed by atoms with van der Waals surface area (Å²) in [7, 11) is 0. The van der Waals surface area contributed by atoms with Gasteiger partial charge in [-0.1, -0.05) is 41.9 Å². The molecule has 0 bridgehead atoms. The van der Waals surface area contributed by atoms with E-state index in [9.17, 15) is 0 Å². The minimum Gasteiger partial charge on any atom is -0.458 e. The third-order valence-corrected chi connectivity index (χ3v) is 5.61. The Morgan fingerprint density at radius 2 is 1.69 bits per heavy atom. The van der Waals surface area contributed by atoms with Crippen LogP contribution >= 0.6 is 0 Å². The van der Waals surface area contributed by atoms with Crippen molar-refractivity contribution >= 4 is 23.1 Å². The average molecular weight is 415 g/mol. The van der Waals surface area contributed by atoms with E-state index in [4.69, 9.17) is 9.47 Å². The van der Waals surface area contributed by atoms with Crippen LogP contribution < -0.4 is 25.9 Å². The van der Waals surface area contributed by atoms with Crippen LogP contribution in [0.5, 0.6) is 23.1 Å². The summed E-state index contributed by atoms with van der Waals surface area (Å²) in [5.74, 6) is 2.98. The maximum absolute atomic E-state index is 6.25. The van der Waals surface area contributed by atoms with Crippen molar-refractivity contribution in [2.45, 2.75) is 0 Å². The van der Waals surface area contributed by atoms with Gasteiger partial charge in [-0.05, 0) is 53.4 Å². The van der Waals surface area contributed by atoms with E-state index in [-0.39, 0.29) is 6.71 Å². The monoisotopic (exact) mass is 415 g/mol. The number of nitrogens with zero attached hydrogens (tertiary/aromatic N) is 3. The van der Waals surface area contributed by atoms with Gasteiger partial charge in [-0.2, -0.15) is 0 Å². The first-order valence-corrected chi connectivity index (χ1v) is 10.4. The highest BCUT2D eigenvalue weighted by Gasteiger charge is 2.32. The third kappa shape index (κ3) is 3.32. The van der Waals surface area contributed by atoms with Crippen molar-refractivity contribution in [3.8, 4) is 28.8 Å². The number of benzene rings is 3. The summed E-state index contributed by atoms with van der Waals surface area (Å²) < 4.78 is 14.3. The van der Waals surface area contributed by atoms with Crippen LogP contribution in [0.3, 0.4) is 0 Å². The highest BCUT2D eigenvalue weighted by atomic mass is 16.5. The fraction of sp³-hybridized carbons (Fsp3) is 0. The first kappa shape index (κ1) is 18.5. The van der Waals surface area contributed by atoms with E-state index in [1.54, 1.807) is 12.4 Å². The van der Waals surface area contributed by atoms with Gasteiger partial charge in [-0.3, -0.25) is 0 Å². The normalized spacial score (nSPS) is 11.9. The molecule has 6 rings (SSSR count). The van der Waals surface area contributed by atoms with Gasteiger partial charge in [0.1, 0.15) is 17.2 Å². The van der Waals surface area contributed by atoms with Crippen LogP contribution in [0.15, 0.2) is 110 Å². The van der Waals surface area contributed by atoms with Crippen LogP contribution in [0.2, 0.25) is 0 Å². The van der Waals surface area contributed by atoms with Gasteiger partial charge in [0.2, 0.25) is 5.88 Å². The quantitative estimate of drug-likeness (QED) is 0.412. The molecule has 0 saturated carbocycles. The summed E-state index contributed by atoms with van der Waals surface area (Å²) in [5, 5.41) is 0. The predicted octanol–water partition coefficient (Wildman–Crippen LogP) is 3.68. The molecule has 0 atom stereocenters. The van der Waals surface area contributed by atoms with Crippen molar-refractivity contribution < 1.29 is 9.47 Å². The Morgan fingerprint density at radius 1 is 0.781 bits per heavy atom. The van der Waals surface area contributed by atoms with Gasteiger partial charge in [-0.25, -0.2) is 9.97 Å². The minimum atomic E-state index is 0.00528. The van der Waals surface area contributed by atoms with Crippen molar-refractivity contribution in [3.05, 3.63) is 110 Å². The van der Waals surface area contributed by atoms with E-state index < -0.39 is 0 Å². The van der Waals surface area contributed by atoms with Crippen LogP contribution in [-0.4, -0.2) is 21.2 Å². The second-order valence-corrected chi connectivity index (χ2v) is 7.61. The van der Waals surface area contributed by atoms with Gasteiger partial charge in [0.25, 0.3) is 6.71 Å². The molecule has 3 heterocycles. The molecule has 152 valence electrons. The summed E-state index contributed by atoms with van der Waals surface area (Å²) in [4.78, 5) is 8.46. The highest BCUT2D eigenvalue weighted by Crippen LogP contribution is 2.28. The van der Waals surface area contributed by atoms with Gasteiger partial charge < -0.3 is 14.0 Å². The smallest absolute Gasteiger partial charge is 0.251 e. The maximum Gasteiger partial charge on any atom is 0.251 e. The van der Waals surface area contributed by atoms with Crippen molar-refractivity contribution in [2.24, 2.45) is 0 Å². The van der Waals surface area contributed by atoms with Crippen molar-refractivity contribution in [3.63, 3.8) is 0 Å². The Labute approximate surface area is 186 Å². The Bertz CT molecular complexity index is 1390. The summed E-state index contributed by atoms with van der Waals surface area (Å²) >= 11 is 0. The SMILES string of the molecule is c1ccc(Oc2ccc3c(c2)B(c2cccc(-n4ccnc4)c2)c2ccccc2O3)nc1. The molecule has 0 aliphatic carbocycles. The van der Waals surface area contributed by atoms with E-state index in [1.807, 2.05) is 65.6 Å². The molecule has 0 radical (unpaired) electrons. The Balaban J connectivity index is 1.48. The number of para-hydroxylation sites is 1. The van der Waals surface area contributed by atoms with Crippen molar-refractivity contribution in [1.82, 2.24) is 14.5 Å². The molecule has 5 aromatic rings. The van der Waals surface area contributed by atoms with Gasteiger partial charge in [0, 0.05) is 30.3 Å². The molecule has 1 aliphatic heterocycles. The number of hydrogen-bond acceptors (Lipinski definition) is 4. The number of rotatable bonds is 4. The molecular weight excluding hydrogens is 397 g/mol. The van der Waals surface area contributed by atoms with E-state index in [1.165, 1.54) is 5.46 Å². The zero-order chi connectivity index (χ0) is 21.3. The van der Waals surface area contributed by atoms with Crippen molar-refractivity contribution in [2.75, 3.05) is 0 Å². The Morgan fingerprint density at radius 3 is 2.56 bits per heavy atom. The lowest BCUT2D eigenvalue weighted by molar-refractivity contribution is 0.458. The maximum atomic E-state index is 6.25. The number of fused-ring (bicyclic) bond motifs is 2. The molecule has 1 aliphatic rings. The number of ether oxygens (including phenoxy) is 2. The predicted molar refractivity (Wildman–Crippen MR) is 125 cm³/mol. The lowest BCUT2D eigenvalue weighted by Gasteiger charge is -2.27. The van der Waals surface area contributed by atoms with E-state index in [0.717, 1.165) is 33.9 Å². The second kappa shape index (κ2) is 7.74. The van der Waals surface area contributed by atoms with Gasteiger partial charge in [-0.15, -0.1) is 0 Å². The summed E-state index contributed by atoms with van der Waals surface area (Å²) in [5.41, 5.74) is 4.41. The molecule has 0 fully saturated rings. The fourth-order valence-electron chi connectivity index (χ4n) is 4.17. The third-order valence-electron chi connectivity index (χ3n) is 5.61. The average Bonchev–Trinajstić information content (AvgIpc) is 3.39. The van der Waals surface area contributed by atoms with E-state index in [2.05, 4.69) is 46.4 Å². The van der Waals surface area contributed by atoms with Crippen LogP contribution in [0, 0.1) is 0 Å². The lowest BCUT2D eigenvalue weighted by atomic mass is 9.36. The highest BCUT2D eigenvalue weighted by molar-refractivity contribution is 6.97. The largest absolute Gasteiger partial charge is 0.458 e.